The van der Waals surface area contributed by atoms with Gasteiger partial charge in [0.1, 0.15) is 0 Å². The van der Waals surface area contributed by atoms with Crippen LogP contribution in [0.3, 0.4) is 0 Å². The van der Waals surface area contributed by atoms with Crippen LogP contribution in [0.2, 0.25) is 5.02 Å². The standard InChI is InChI=1S/C11H11ClF2O3/c1-2-17-11(16)9(15)7-5-6(10(13)14)3-4-8(7)12/h3-5,9-10,15H,2H2,1H3. The maximum atomic E-state index is 12.5. The van der Waals surface area contributed by atoms with Gasteiger partial charge in [-0.3, -0.25) is 0 Å². The molecular formula is C11H11ClF2O3. The molecule has 1 aromatic carbocycles. The SMILES string of the molecule is CCOC(=O)C(O)c1cc(C(F)F)ccc1Cl. The summed E-state index contributed by atoms with van der Waals surface area (Å²) in [6, 6.07) is 3.34. The Balaban J connectivity index is 3.03. The van der Waals surface area contributed by atoms with E-state index < -0.39 is 18.5 Å². The van der Waals surface area contributed by atoms with Gasteiger partial charge in [-0.1, -0.05) is 17.7 Å². The lowest BCUT2D eigenvalue weighted by molar-refractivity contribution is -0.153. The van der Waals surface area contributed by atoms with E-state index in [0.29, 0.717) is 0 Å². The molecule has 6 heteroatoms. The van der Waals surface area contributed by atoms with Gasteiger partial charge in [-0.25, -0.2) is 13.6 Å². The molecule has 0 aliphatic carbocycles. The van der Waals surface area contributed by atoms with Gasteiger partial charge < -0.3 is 9.84 Å². The fraction of sp³-hybridized carbons (Fsp3) is 0.364. The van der Waals surface area contributed by atoms with Gasteiger partial charge in [-0.2, -0.15) is 0 Å². The topological polar surface area (TPSA) is 46.5 Å². The van der Waals surface area contributed by atoms with Gasteiger partial charge in [0, 0.05) is 16.1 Å². The lowest BCUT2D eigenvalue weighted by atomic mass is 10.1. The van der Waals surface area contributed by atoms with Gasteiger partial charge in [-0.05, 0) is 19.1 Å². The van der Waals surface area contributed by atoms with Gasteiger partial charge in [-0.15, -0.1) is 0 Å². The number of hydrogen-bond donors (Lipinski definition) is 1. The van der Waals surface area contributed by atoms with Crippen molar-refractivity contribution in [3.63, 3.8) is 0 Å². The summed E-state index contributed by atoms with van der Waals surface area (Å²) in [4.78, 5) is 11.3. The molecule has 0 aliphatic heterocycles. The molecule has 0 saturated carbocycles. The Morgan fingerprint density at radius 1 is 1.53 bits per heavy atom. The van der Waals surface area contributed by atoms with Crippen molar-refractivity contribution in [2.45, 2.75) is 19.5 Å². The summed E-state index contributed by atoms with van der Waals surface area (Å²) in [7, 11) is 0. The molecule has 1 aromatic rings. The van der Waals surface area contributed by atoms with Crippen LogP contribution in [0.1, 0.15) is 30.6 Å². The number of aliphatic hydroxyl groups is 1. The highest BCUT2D eigenvalue weighted by Crippen LogP contribution is 2.29. The Bertz CT molecular complexity index is 410. The van der Waals surface area contributed by atoms with Crippen molar-refractivity contribution >= 4 is 17.6 Å². The molecule has 0 aliphatic rings. The largest absolute Gasteiger partial charge is 0.464 e. The summed E-state index contributed by atoms with van der Waals surface area (Å²) in [6.07, 6.45) is -4.35. The van der Waals surface area contributed by atoms with Crippen LogP contribution in [0.25, 0.3) is 0 Å². The fourth-order valence-corrected chi connectivity index (χ4v) is 1.48. The monoisotopic (exact) mass is 264 g/mol. The Kier molecular flexibility index (Phi) is 4.84. The minimum absolute atomic E-state index is 0.0370. The van der Waals surface area contributed by atoms with Gasteiger partial charge in [0.2, 0.25) is 0 Å². The fourth-order valence-electron chi connectivity index (χ4n) is 1.26. The summed E-state index contributed by atoms with van der Waals surface area (Å²) in [5.74, 6) is -0.916. The van der Waals surface area contributed by atoms with Crippen molar-refractivity contribution in [3.05, 3.63) is 34.3 Å². The summed E-state index contributed by atoms with van der Waals surface area (Å²) >= 11 is 5.73. The van der Waals surface area contributed by atoms with Gasteiger partial charge in [0.25, 0.3) is 6.43 Å². The molecule has 0 spiro atoms. The lowest BCUT2D eigenvalue weighted by Gasteiger charge is -2.12. The number of alkyl halides is 2. The Morgan fingerprint density at radius 2 is 2.18 bits per heavy atom. The molecule has 1 N–H and O–H groups in total. The number of benzene rings is 1. The van der Waals surface area contributed by atoms with Crippen molar-refractivity contribution in [1.82, 2.24) is 0 Å². The first-order chi connectivity index (χ1) is 7.97. The smallest absolute Gasteiger partial charge is 0.339 e. The zero-order valence-electron chi connectivity index (χ0n) is 8.99. The zero-order chi connectivity index (χ0) is 13.0. The number of aliphatic hydroxyl groups excluding tert-OH is 1. The predicted octanol–water partition coefficient (Wildman–Crippen LogP) is 2.87. The molecule has 1 atom stereocenters. The van der Waals surface area contributed by atoms with Crippen molar-refractivity contribution in [2.75, 3.05) is 6.61 Å². The number of carbonyl (C=O) groups is 1. The summed E-state index contributed by atoms with van der Waals surface area (Å²) in [6.45, 7) is 1.66. The van der Waals surface area contributed by atoms with Crippen molar-refractivity contribution in [3.8, 4) is 0 Å². The third-order valence-electron chi connectivity index (χ3n) is 2.08. The van der Waals surface area contributed by atoms with E-state index >= 15 is 0 Å². The van der Waals surface area contributed by atoms with Gasteiger partial charge >= 0.3 is 5.97 Å². The second kappa shape index (κ2) is 5.93. The van der Waals surface area contributed by atoms with E-state index in [1.54, 1.807) is 6.92 Å². The van der Waals surface area contributed by atoms with E-state index in [-0.39, 0.29) is 22.8 Å². The first-order valence-electron chi connectivity index (χ1n) is 4.89. The van der Waals surface area contributed by atoms with Crippen LogP contribution < -0.4 is 0 Å². The number of esters is 1. The predicted molar refractivity (Wildman–Crippen MR) is 58.0 cm³/mol. The molecule has 1 unspecified atom stereocenters. The number of halogens is 3. The number of hydrogen-bond acceptors (Lipinski definition) is 3. The van der Waals surface area contributed by atoms with Gasteiger partial charge in [0.15, 0.2) is 6.10 Å². The van der Waals surface area contributed by atoms with Crippen LogP contribution in [-0.4, -0.2) is 17.7 Å². The molecular weight excluding hydrogens is 254 g/mol. The van der Waals surface area contributed by atoms with Crippen LogP contribution in [-0.2, 0) is 9.53 Å². The van der Waals surface area contributed by atoms with E-state index in [2.05, 4.69) is 4.74 Å². The highest BCUT2D eigenvalue weighted by atomic mass is 35.5. The minimum Gasteiger partial charge on any atom is -0.464 e. The maximum Gasteiger partial charge on any atom is 0.339 e. The molecule has 0 aromatic heterocycles. The Morgan fingerprint density at radius 3 is 2.71 bits per heavy atom. The average molecular weight is 265 g/mol. The highest BCUT2D eigenvalue weighted by Gasteiger charge is 2.22. The summed E-state index contributed by atoms with van der Waals surface area (Å²) < 4.78 is 29.5. The quantitative estimate of drug-likeness (QED) is 0.851. The van der Waals surface area contributed by atoms with E-state index in [0.717, 1.165) is 12.1 Å². The molecule has 0 heterocycles. The third kappa shape index (κ3) is 3.38. The molecule has 0 saturated heterocycles. The molecule has 0 radical (unpaired) electrons. The van der Waals surface area contributed by atoms with E-state index in [1.165, 1.54) is 6.07 Å². The molecule has 0 fully saturated rings. The molecule has 0 amide bonds. The maximum absolute atomic E-state index is 12.5. The average Bonchev–Trinajstić information content (AvgIpc) is 2.28. The van der Waals surface area contributed by atoms with Crippen LogP contribution in [0.15, 0.2) is 18.2 Å². The van der Waals surface area contributed by atoms with E-state index in [4.69, 9.17) is 11.6 Å². The van der Waals surface area contributed by atoms with Gasteiger partial charge in [0.05, 0.1) is 6.61 Å². The normalized spacial score (nSPS) is 12.6. The highest BCUT2D eigenvalue weighted by molar-refractivity contribution is 6.31. The molecule has 3 nitrogen and oxygen atoms in total. The molecule has 0 bridgehead atoms. The number of ether oxygens (including phenoxy) is 1. The van der Waals surface area contributed by atoms with Crippen LogP contribution in [0.5, 0.6) is 0 Å². The van der Waals surface area contributed by atoms with Crippen molar-refractivity contribution < 1.29 is 23.4 Å². The summed E-state index contributed by atoms with van der Waals surface area (Å²) in [5.41, 5.74) is -0.393. The van der Waals surface area contributed by atoms with Crippen molar-refractivity contribution in [2.24, 2.45) is 0 Å². The summed E-state index contributed by atoms with van der Waals surface area (Å²) in [5, 5.41) is 9.64. The molecule has 17 heavy (non-hydrogen) atoms. The Labute approximate surface area is 102 Å². The number of carbonyl (C=O) groups excluding carboxylic acids is 1. The first kappa shape index (κ1) is 13.9. The lowest BCUT2D eigenvalue weighted by Crippen LogP contribution is -2.16. The first-order valence-corrected chi connectivity index (χ1v) is 5.27. The van der Waals surface area contributed by atoms with Crippen LogP contribution in [0.4, 0.5) is 8.78 Å². The second-order valence-electron chi connectivity index (χ2n) is 3.24. The molecule has 94 valence electrons. The zero-order valence-corrected chi connectivity index (χ0v) is 9.75. The number of rotatable bonds is 4. The van der Waals surface area contributed by atoms with Crippen LogP contribution in [0, 0.1) is 0 Å². The van der Waals surface area contributed by atoms with Crippen LogP contribution >= 0.6 is 11.6 Å². The third-order valence-corrected chi connectivity index (χ3v) is 2.42. The minimum atomic E-state index is -2.69. The molecule has 1 rings (SSSR count). The second-order valence-corrected chi connectivity index (χ2v) is 3.64. The Hall–Kier alpha value is -1.20. The van der Waals surface area contributed by atoms with E-state index in [9.17, 15) is 18.7 Å². The van der Waals surface area contributed by atoms with E-state index in [1.807, 2.05) is 0 Å². The van der Waals surface area contributed by atoms with Crippen molar-refractivity contribution in [1.29, 1.82) is 0 Å².